The molecule has 1 aromatic carbocycles. The largest absolute Gasteiger partial charge is 0.357 e. The van der Waals surface area contributed by atoms with E-state index in [4.69, 9.17) is 16.6 Å². The number of nitrogens with zero attached hydrogens (tertiary/aromatic N) is 4. The Morgan fingerprint density at radius 2 is 1.74 bits per heavy atom. The number of hydrogen-bond donors (Lipinski definition) is 1. The maximum Gasteiger partial charge on any atom is 0.193 e. The van der Waals surface area contributed by atoms with Crippen molar-refractivity contribution in [3.05, 3.63) is 34.9 Å². The normalized spacial score (nSPS) is 16.5. The Morgan fingerprint density at radius 1 is 1.07 bits per heavy atom. The minimum absolute atomic E-state index is 0.776. The summed E-state index contributed by atoms with van der Waals surface area (Å²) < 4.78 is 0. The monoisotopic (exact) mass is 393 g/mol. The van der Waals surface area contributed by atoms with Gasteiger partial charge in [-0.15, -0.1) is 0 Å². The molecule has 1 N–H and O–H groups in total. The lowest BCUT2D eigenvalue weighted by atomic mass is 10.2. The highest BCUT2D eigenvalue weighted by Crippen LogP contribution is 2.11. The van der Waals surface area contributed by atoms with Crippen molar-refractivity contribution in [2.45, 2.75) is 33.2 Å². The van der Waals surface area contributed by atoms with Gasteiger partial charge in [0.05, 0.1) is 0 Å². The number of hydrogen-bond acceptors (Lipinski definition) is 3. The maximum atomic E-state index is 5.97. The van der Waals surface area contributed by atoms with E-state index in [2.05, 4.69) is 53.0 Å². The van der Waals surface area contributed by atoms with Gasteiger partial charge in [0.2, 0.25) is 0 Å². The van der Waals surface area contributed by atoms with Crippen molar-refractivity contribution < 1.29 is 0 Å². The molecule has 27 heavy (non-hydrogen) atoms. The van der Waals surface area contributed by atoms with Gasteiger partial charge in [-0.25, -0.2) is 0 Å². The molecule has 152 valence electrons. The van der Waals surface area contributed by atoms with Crippen LogP contribution in [-0.4, -0.2) is 80.1 Å². The number of aliphatic imine (C=N–C) groups is 1. The average molecular weight is 394 g/mol. The molecule has 1 heterocycles. The molecule has 1 fully saturated rings. The SMILES string of the molecule is CCNC(=NCCCCN1CCN(CC)CC1)N(C)Cc1ccc(Cl)cc1. The molecule has 0 amide bonds. The average Bonchev–Trinajstić information content (AvgIpc) is 2.69. The van der Waals surface area contributed by atoms with Gasteiger partial charge in [0.1, 0.15) is 0 Å². The fourth-order valence-corrected chi connectivity index (χ4v) is 3.50. The number of piperazine rings is 1. The van der Waals surface area contributed by atoms with Gasteiger partial charge in [-0.3, -0.25) is 4.99 Å². The second-order valence-corrected chi connectivity index (χ2v) is 7.64. The van der Waals surface area contributed by atoms with E-state index in [1.165, 1.54) is 51.3 Å². The summed E-state index contributed by atoms with van der Waals surface area (Å²) in [5, 5.41) is 4.18. The minimum atomic E-state index is 0.776. The summed E-state index contributed by atoms with van der Waals surface area (Å²) >= 11 is 5.97. The molecule has 1 aliphatic rings. The van der Waals surface area contributed by atoms with E-state index in [1.807, 2.05) is 12.1 Å². The van der Waals surface area contributed by atoms with Crippen LogP contribution in [0.15, 0.2) is 29.3 Å². The number of halogens is 1. The van der Waals surface area contributed by atoms with E-state index < -0.39 is 0 Å². The van der Waals surface area contributed by atoms with Crippen LogP contribution in [0.1, 0.15) is 32.3 Å². The van der Waals surface area contributed by atoms with Gasteiger partial charge in [0, 0.05) is 57.9 Å². The van der Waals surface area contributed by atoms with Crippen molar-refractivity contribution in [3.63, 3.8) is 0 Å². The van der Waals surface area contributed by atoms with E-state index in [9.17, 15) is 0 Å². The van der Waals surface area contributed by atoms with Crippen LogP contribution >= 0.6 is 11.6 Å². The van der Waals surface area contributed by atoms with Crippen molar-refractivity contribution >= 4 is 17.6 Å². The first-order valence-electron chi connectivity index (χ1n) is 10.3. The van der Waals surface area contributed by atoms with E-state index in [0.29, 0.717) is 0 Å². The second kappa shape index (κ2) is 12.2. The third-order valence-electron chi connectivity index (χ3n) is 5.09. The maximum absolute atomic E-state index is 5.97. The molecule has 2 rings (SSSR count). The van der Waals surface area contributed by atoms with Gasteiger partial charge < -0.3 is 20.0 Å². The summed E-state index contributed by atoms with van der Waals surface area (Å²) in [7, 11) is 2.09. The smallest absolute Gasteiger partial charge is 0.193 e. The standard InChI is InChI=1S/C21H36ClN5/c1-4-23-21(25(3)18-19-8-10-20(22)11-9-19)24-12-6-7-13-27-16-14-26(5-2)15-17-27/h8-11H,4-7,12-18H2,1-3H3,(H,23,24). The molecule has 0 radical (unpaired) electrons. The van der Waals surface area contributed by atoms with E-state index >= 15 is 0 Å². The molecule has 0 spiro atoms. The van der Waals surface area contributed by atoms with Gasteiger partial charge in [0.25, 0.3) is 0 Å². The Morgan fingerprint density at radius 3 is 2.37 bits per heavy atom. The molecular weight excluding hydrogens is 358 g/mol. The highest BCUT2D eigenvalue weighted by atomic mass is 35.5. The minimum Gasteiger partial charge on any atom is -0.357 e. The lowest BCUT2D eigenvalue weighted by Crippen LogP contribution is -2.46. The highest BCUT2D eigenvalue weighted by Gasteiger charge is 2.14. The third kappa shape index (κ3) is 8.08. The van der Waals surface area contributed by atoms with Crippen LogP contribution in [0.5, 0.6) is 0 Å². The van der Waals surface area contributed by atoms with E-state index in [0.717, 1.165) is 37.0 Å². The number of likely N-dealkylation sites (N-methyl/N-ethyl adjacent to an activating group) is 1. The molecule has 0 unspecified atom stereocenters. The highest BCUT2D eigenvalue weighted by molar-refractivity contribution is 6.30. The van der Waals surface area contributed by atoms with Gasteiger partial charge in [-0.2, -0.15) is 0 Å². The van der Waals surface area contributed by atoms with Gasteiger partial charge in [-0.05, 0) is 50.6 Å². The van der Waals surface area contributed by atoms with Crippen LogP contribution in [0.2, 0.25) is 5.02 Å². The molecule has 1 aromatic rings. The van der Waals surface area contributed by atoms with E-state index in [-0.39, 0.29) is 0 Å². The summed E-state index contributed by atoms with van der Waals surface area (Å²) in [6.45, 7) is 14.2. The van der Waals surface area contributed by atoms with Crippen molar-refractivity contribution in [1.82, 2.24) is 20.0 Å². The summed E-state index contributed by atoms with van der Waals surface area (Å²) in [4.78, 5) is 12.1. The molecule has 5 nitrogen and oxygen atoms in total. The summed E-state index contributed by atoms with van der Waals surface area (Å²) in [5.41, 5.74) is 1.23. The molecule has 1 saturated heterocycles. The summed E-state index contributed by atoms with van der Waals surface area (Å²) in [6.07, 6.45) is 2.35. The second-order valence-electron chi connectivity index (χ2n) is 7.20. The van der Waals surface area contributed by atoms with Gasteiger partial charge in [0.15, 0.2) is 5.96 Å². The van der Waals surface area contributed by atoms with Crippen LogP contribution in [0.25, 0.3) is 0 Å². The number of unbranched alkanes of at least 4 members (excludes halogenated alkanes) is 1. The van der Waals surface area contributed by atoms with Crippen molar-refractivity contribution in [2.24, 2.45) is 4.99 Å². The number of benzene rings is 1. The number of nitrogens with one attached hydrogen (secondary N) is 1. The summed E-state index contributed by atoms with van der Waals surface area (Å²) in [6, 6.07) is 8.02. The first-order valence-corrected chi connectivity index (χ1v) is 10.7. The Bertz CT molecular complexity index is 552. The molecule has 0 atom stereocenters. The predicted molar refractivity (Wildman–Crippen MR) is 117 cm³/mol. The first kappa shape index (κ1) is 22.0. The lowest BCUT2D eigenvalue weighted by molar-refractivity contribution is 0.136. The van der Waals surface area contributed by atoms with Crippen molar-refractivity contribution in [3.8, 4) is 0 Å². The molecule has 1 aliphatic heterocycles. The molecular formula is C21H36ClN5. The zero-order valence-corrected chi connectivity index (χ0v) is 18.0. The Balaban J connectivity index is 1.71. The number of guanidine groups is 1. The molecule has 0 bridgehead atoms. The zero-order valence-electron chi connectivity index (χ0n) is 17.3. The van der Waals surface area contributed by atoms with Gasteiger partial charge >= 0.3 is 0 Å². The zero-order chi connectivity index (χ0) is 19.5. The Labute approximate surface area is 170 Å². The Hall–Kier alpha value is -1.30. The number of rotatable bonds is 9. The Kier molecular flexibility index (Phi) is 9.95. The van der Waals surface area contributed by atoms with Crippen LogP contribution in [0.3, 0.4) is 0 Å². The van der Waals surface area contributed by atoms with Crippen LogP contribution < -0.4 is 5.32 Å². The molecule has 0 aliphatic carbocycles. The fraction of sp³-hybridized carbons (Fsp3) is 0.667. The van der Waals surface area contributed by atoms with Gasteiger partial charge in [-0.1, -0.05) is 30.7 Å². The topological polar surface area (TPSA) is 34.1 Å². The third-order valence-corrected chi connectivity index (χ3v) is 5.34. The molecule has 6 heteroatoms. The molecule has 0 saturated carbocycles. The first-order chi connectivity index (χ1) is 13.1. The van der Waals surface area contributed by atoms with Crippen molar-refractivity contribution in [2.75, 3.05) is 59.4 Å². The van der Waals surface area contributed by atoms with Crippen LogP contribution in [0.4, 0.5) is 0 Å². The van der Waals surface area contributed by atoms with Crippen molar-refractivity contribution in [1.29, 1.82) is 0 Å². The quantitative estimate of drug-likeness (QED) is 0.397. The fourth-order valence-electron chi connectivity index (χ4n) is 3.37. The lowest BCUT2D eigenvalue weighted by Gasteiger charge is -2.33. The predicted octanol–water partition coefficient (Wildman–Crippen LogP) is 3.16. The summed E-state index contributed by atoms with van der Waals surface area (Å²) in [5.74, 6) is 0.976. The van der Waals surface area contributed by atoms with Crippen LogP contribution in [-0.2, 0) is 6.54 Å². The van der Waals surface area contributed by atoms with E-state index in [1.54, 1.807) is 0 Å². The van der Waals surface area contributed by atoms with Crippen LogP contribution in [0, 0.1) is 0 Å². The molecule has 0 aromatic heterocycles.